The minimum absolute atomic E-state index is 0.398. The lowest BCUT2D eigenvalue weighted by Crippen LogP contribution is -1.99. The zero-order valence-corrected chi connectivity index (χ0v) is 9.95. The number of benzene rings is 2. The Bertz CT molecular complexity index is 683. The molecule has 1 atom stereocenters. The van der Waals surface area contributed by atoms with Gasteiger partial charge in [0, 0.05) is 11.3 Å². The van der Waals surface area contributed by atoms with Crippen molar-refractivity contribution < 1.29 is 0 Å². The number of rotatable bonds is 1. The second-order valence-electron chi connectivity index (χ2n) is 4.45. The van der Waals surface area contributed by atoms with E-state index < -0.39 is 0 Å². The molecule has 1 aliphatic rings. The molecule has 0 radical (unpaired) electrons. The van der Waals surface area contributed by atoms with Gasteiger partial charge in [0.15, 0.2) is 0 Å². The molecule has 3 heteroatoms. The summed E-state index contributed by atoms with van der Waals surface area (Å²) in [7, 11) is 0. The van der Waals surface area contributed by atoms with Crippen molar-refractivity contribution >= 4 is 22.3 Å². The van der Waals surface area contributed by atoms with Gasteiger partial charge in [-0.25, -0.2) is 0 Å². The third-order valence-electron chi connectivity index (χ3n) is 3.56. The maximum Gasteiger partial charge on any atom is 0.0833 e. The molecular formula is C14H10N2S. The van der Waals surface area contributed by atoms with E-state index in [0.717, 1.165) is 12.1 Å². The van der Waals surface area contributed by atoms with Crippen LogP contribution in [0.3, 0.4) is 0 Å². The first-order chi connectivity index (χ1) is 8.43. The van der Waals surface area contributed by atoms with Crippen molar-refractivity contribution in [2.24, 2.45) is 0 Å². The molecule has 1 aliphatic carbocycles. The molecule has 2 aromatic carbocycles. The summed E-state index contributed by atoms with van der Waals surface area (Å²) in [6.07, 6.45) is 1.06. The fraction of sp³-hybridized carbons (Fsp3) is 0.143. The summed E-state index contributed by atoms with van der Waals surface area (Å²) < 4.78 is 3.99. The molecule has 82 valence electrons. The zero-order valence-electron chi connectivity index (χ0n) is 9.13. The second kappa shape index (κ2) is 3.37. The highest BCUT2D eigenvalue weighted by Crippen LogP contribution is 2.41. The van der Waals surface area contributed by atoms with Crippen LogP contribution in [0.4, 0.5) is 0 Å². The Morgan fingerprint density at radius 2 is 2.00 bits per heavy atom. The second-order valence-corrected chi connectivity index (χ2v) is 5.06. The van der Waals surface area contributed by atoms with Crippen LogP contribution in [0.5, 0.6) is 0 Å². The maximum atomic E-state index is 4.24. The number of hydrogen-bond acceptors (Lipinski definition) is 3. The van der Waals surface area contributed by atoms with Crippen molar-refractivity contribution in [3.63, 3.8) is 0 Å². The van der Waals surface area contributed by atoms with Gasteiger partial charge in [0.2, 0.25) is 0 Å². The Balaban J connectivity index is 2.01. The Morgan fingerprint density at radius 1 is 1.12 bits per heavy atom. The molecule has 2 nitrogen and oxygen atoms in total. The quantitative estimate of drug-likeness (QED) is 0.649. The molecule has 0 spiro atoms. The molecular weight excluding hydrogens is 228 g/mol. The first-order valence-electron chi connectivity index (χ1n) is 5.71. The molecule has 0 saturated carbocycles. The van der Waals surface area contributed by atoms with Crippen LogP contribution in [-0.2, 0) is 6.42 Å². The summed E-state index contributed by atoms with van der Waals surface area (Å²) in [5, 5.41) is 9.06. The van der Waals surface area contributed by atoms with Crippen molar-refractivity contribution in [2.45, 2.75) is 12.3 Å². The van der Waals surface area contributed by atoms with Crippen LogP contribution in [0.25, 0.3) is 10.8 Å². The van der Waals surface area contributed by atoms with Crippen molar-refractivity contribution in [2.75, 3.05) is 0 Å². The fourth-order valence-electron chi connectivity index (χ4n) is 2.83. The average molecular weight is 238 g/mol. The first kappa shape index (κ1) is 9.31. The standard InChI is InChI=1S/C14H10N2S/c1-3-9-4-2-6-11-12(13-8-17-16-15-13)7-10(5-1)14(9)11/h1-6,8,12H,7H2. The summed E-state index contributed by atoms with van der Waals surface area (Å²) in [5.41, 5.74) is 3.96. The number of hydrogen-bond donors (Lipinski definition) is 0. The highest BCUT2D eigenvalue weighted by molar-refractivity contribution is 7.03. The van der Waals surface area contributed by atoms with E-state index in [9.17, 15) is 0 Å². The van der Waals surface area contributed by atoms with Crippen LogP contribution in [0, 0.1) is 0 Å². The van der Waals surface area contributed by atoms with E-state index in [1.807, 2.05) is 0 Å². The third kappa shape index (κ3) is 1.26. The van der Waals surface area contributed by atoms with Gasteiger partial charge < -0.3 is 0 Å². The van der Waals surface area contributed by atoms with Crippen molar-refractivity contribution in [3.8, 4) is 0 Å². The molecule has 0 amide bonds. The SMILES string of the molecule is c1cc2c3c(cccc3c1)C(c1csnn1)C2. The van der Waals surface area contributed by atoms with Crippen molar-refractivity contribution in [1.29, 1.82) is 0 Å². The lowest BCUT2D eigenvalue weighted by molar-refractivity contribution is 0.801. The Labute approximate surface area is 103 Å². The topological polar surface area (TPSA) is 25.8 Å². The molecule has 0 N–H and O–H groups in total. The Kier molecular flexibility index (Phi) is 1.85. The molecule has 0 aliphatic heterocycles. The summed E-state index contributed by atoms with van der Waals surface area (Å²) >= 11 is 1.43. The van der Waals surface area contributed by atoms with E-state index in [1.54, 1.807) is 0 Å². The van der Waals surface area contributed by atoms with Crippen LogP contribution in [0.1, 0.15) is 22.7 Å². The Hall–Kier alpha value is -1.74. The molecule has 1 unspecified atom stereocenters. The molecule has 17 heavy (non-hydrogen) atoms. The summed E-state index contributed by atoms with van der Waals surface area (Å²) in [5.74, 6) is 0.398. The van der Waals surface area contributed by atoms with E-state index >= 15 is 0 Å². The van der Waals surface area contributed by atoms with Crippen LogP contribution in [0.15, 0.2) is 41.8 Å². The largest absolute Gasteiger partial charge is 0.143 e. The van der Waals surface area contributed by atoms with Crippen molar-refractivity contribution in [3.05, 3.63) is 58.6 Å². The minimum Gasteiger partial charge on any atom is -0.143 e. The van der Waals surface area contributed by atoms with Gasteiger partial charge in [-0.15, -0.1) is 5.10 Å². The molecule has 4 rings (SSSR count). The van der Waals surface area contributed by atoms with Crippen molar-refractivity contribution in [1.82, 2.24) is 9.59 Å². The zero-order chi connectivity index (χ0) is 11.2. The van der Waals surface area contributed by atoms with Crippen LogP contribution in [-0.4, -0.2) is 9.59 Å². The highest BCUT2D eigenvalue weighted by atomic mass is 32.1. The van der Waals surface area contributed by atoms with E-state index in [0.29, 0.717) is 5.92 Å². The van der Waals surface area contributed by atoms with Gasteiger partial charge in [-0.3, -0.25) is 0 Å². The summed E-state index contributed by atoms with van der Waals surface area (Å²) in [4.78, 5) is 0. The van der Waals surface area contributed by atoms with Crippen LogP contribution >= 0.6 is 11.5 Å². The number of aromatic nitrogens is 2. The van der Waals surface area contributed by atoms with Gasteiger partial charge in [-0.1, -0.05) is 40.9 Å². The molecule has 0 bridgehead atoms. The van der Waals surface area contributed by atoms with Crippen LogP contribution < -0.4 is 0 Å². The predicted molar refractivity (Wildman–Crippen MR) is 69.4 cm³/mol. The van der Waals surface area contributed by atoms with E-state index in [2.05, 4.69) is 51.4 Å². The smallest absolute Gasteiger partial charge is 0.0833 e. The monoisotopic (exact) mass is 238 g/mol. The molecule has 3 aromatic rings. The first-order valence-corrected chi connectivity index (χ1v) is 6.54. The molecule has 0 fully saturated rings. The van der Waals surface area contributed by atoms with E-state index in [4.69, 9.17) is 0 Å². The lowest BCUT2D eigenvalue weighted by Gasteiger charge is -2.07. The minimum atomic E-state index is 0.398. The van der Waals surface area contributed by atoms with E-state index in [1.165, 1.54) is 33.4 Å². The Morgan fingerprint density at radius 3 is 2.82 bits per heavy atom. The van der Waals surface area contributed by atoms with Gasteiger partial charge in [0.05, 0.1) is 5.69 Å². The van der Waals surface area contributed by atoms with Crippen LogP contribution in [0.2, 0.25) is 0 Å². The predicted octanol–water partition coefficient (Wildman–Crippen LogP) is 3.38. The summed E-state index contributed by atoms with van der Waals surface area (Å²) in [6.45, 7) is 0. The van der Waals surface area contributed by atoms with Gasteiger partial charge in [-0.05, 0) is 39.9 Å². The maximum absolute atomic E-state index is 4.24. The highest BCUT2D eigenvalue weighted by Gasteiger charge is 2.26. The fourth-order valence-corrected chi connectivity index (χ4v) is 3.34. The van der Waals surface area contributed by atoms with E-state index in [-0.39, 0.29) is 0 Å². The average Bonchev–Trinajstić information content (AvgIpc) is 2.98. The van der Waals surface area contributed by atoms with Gasteiger partial charge in [-0.2, -0.15) is 0 Å². The summed E-state index contributed by atoms with van der Waals surface area (Å²) in [6, 6.07) is 13.1. The van der Waals surface area contributed by atoms with Gasteiger partial charge in [0.25, 0.3) is 0 Å². The van der Waals surface area contributed by atoms with Gasteiger partial charge in [0.1, 0.15) is 0 Å². The number of nitrogens with zero attached hydrogens (tertiary/aromatic N) is 2. The molecule has 1 heterocycles. The lowest BCUT2D eigenvalue weighted by atomic mass is 9.98. The van der Waals surface area contributed by atoms with Gasteiger partial charge >= 0.3 is 0 Å². The molecule has 1 aromatic heterocycles. The normalized spacial score (nSPS) is 17.8. The third-order valence-corrected chi connectivity index (χ3v) is 4.08. The molecule has 0 saturated heterocycles.